The number of carbonyl (C=O) groups is 2. The molecule has 1 amide bonds. The van der Waals surface area contributed by atoms with Crippen LogP contribution in [0.3, 0.4) is 0 Å². The van der Waals surface area contributed by atoms with Crippen molar-refractivity contribution in [2.45, 2.75) is 16.5 Å². The smallest absolute Gasteiger partial charge is 0.352 e. The highest BCUT2D eigenvalue weighted by Crippen LogP contribution is 2.40. The predicted molar refractivity (Wildman–Crippen MR) is 75.2 cm³/mol. The van der Waals surface area contributed by atoms with Crippen molar-refractivity contribution in [2.24, 2.45) is 5.73 Å². The fourth-order valence-electron chi connectivity index (χ4n) is 2.19. The van der Waals surface area contributed by atoms with E-state index < -0.39 is 12.0 Å². The number of carboxylic acid groups (broad SMARTS) is 1. The first-order chi connectivity index (χ1) is 9.59. The van der Waals surface area contributed by atoms with E-state index in [1.807, 2.05) is 6.07 Å². The van der Waals surface area contributed by atoms with Gasteiger partial charge >= 0.3 is 5.97 Å². The zero-order chi connectivity index (χ0) is 14.3. The maximum atomic E-state index is 11.8. The summed E-state index contributed by atoms with van der Waals surface area (Å²) in [5.41, 5.74) is 6.49. The van der Waals surface area contributed by atoms with E-state index in [4.69, 9.17) is 10.2 Å². The third kappa shape index (κ3) is 2.13. The molecule has 0 aliphatic carbocycles. The average molecular weight is 312 g/mol. The lowest BCUT2D eigenvalue weighted by molar-refractivity contribution is -0.147. The maximum absolute atomic E-state index is 11.8. The zero-order valence-electron chi connectivity index (χ0n) is 10.3. The van der Waals surface area contributed by atoms with Crippen molar-refractivity contribution in [1.82, 2.24) is 4.90 Å². The van der Waals surface area contributed by atoms with E-state index in [0.29, 0.717) is 11.5 Å². The van der Waals surface area contributed by atoms with Crippen molar-refractivity contribution >= 4 is 35.4 Å². The number of nitrogens with zero attached hydrogens (tertiary/aromatic N) is 1. The largest absolute Gasteiger partial charge is 0.477 e. The first-order valence-corrected chi connectivity index (χ1v) is 7.95. The molecule has 2 aliphatic rings. The molecule has 2 unspecified atom stereocenters. The Bertz CT molecular complexity index is 584. The fourth-order valence-corrected chi connectivity index (χ4v) is 4.47. The molecule has 1 fully saturated rings. The molecule has 2 atom stereocenters. The van der Waals surface area contributed by atoms with E-state index in [0.717, 1.165) is 10.7 Å². The molecule has 0 saturated carbocycles. The van der Waals surface area contributed by atoms with E-state index in [1.165, 1.54) is 28.4 Å². The number of nitrogens with two attached hydrogens (primary N) is 1. The lowest BCUT2D eigenvalue weighted by Gasteiger charge is -2.48. The second-order valence-electron chi connectivity index (χ2n) is 4.41. The Balaban J connectivity index is 1.82. The summed E-state index contributed by atoms with van der Waals surface area (Å²) < 4.78 is 5.21. The predicted octanol–water partition coefficient (Wildman–Crippen LogP) is 0.953. The van der Waals surface area contributed by atoms with Crippen LogP contribution in [-0.4, -0.2) is 44.8 Å². The van der Waals surface area contributed by atoms with Crippen LogP contribution in [0, 0.1) is 0 Å². The molecule has 3 N–H and O–H groups in total. The number of furan rings is 1. The first-order valence-electron chi connectivity index (χ1n) is 5.91. The number of carbonyl (C=O) groups excluding carboxylic acids is 1. The quantitative estimate of drug-likeness (QED) is 0.631. The average Bonchev–Trinajstić information content (AvgIpc) is 2.96. The third-order valence-corrected chi connectivity index (χ3v) is 5.55. The molecule has 3 heterocycles. The molecule has 0 spiro atoms. The summed E-state index contributed by atoms with van der Waals surface area (Å²) >= 11 is 2.92. The summed E-state index contributed by atoms with van der Waals surface area (Å²) in [4.78, 5) is 24.5. The number of thioether (sulfide) groups is 2. The second-order valence-corrected chi connectivity index (χ2v) is 6.50. The van der Waals surface area contributed by atoms with Gasteiger partial charge in [0, 0.05) is 11.5 Å². The Morgan fingerprint density at radius 2 is 2.45 bits per heavy atom. The van der Waals surface area contributed by atoms with Gasteiger partial charge < -0.3 is 15.3 Å². The number of fused-ring (bicyclic) bond motifs is 1. The molecule has 106 valence electrons. The number of rotatable bonds is 4. The molecule has 6 nitrogen and oxygen atoms in total. The second kappa shape index (κ2) is 5.19. The van der Waals surface area contributed by atoms with Crippen molar-refractivity contribution < 1.29 is 19.1 Å². The highest BCUT2D eigenvalue weighted by atomic mass is 32.2. The molecule has 0 radical (unpaired) electrons. The van der Waals surface area contributed by atoms with Gasteiger partial charge in [-0.25, -0.2) is 4.79 Å². The lowest BCUT2D eigenvalue weighted by atomic mass is 10.0. The SMILES string of the molecule is NC1C(=O)N2C(C(=O)O)=C(CSc3ccco3)CSC12. The number of β-lactam (4-membered cyclic amide) rings is 1. The summed E-state index contributed by atoms with van der Waals surface area (Å²) in [5.74, 6) is -0.351. The standard InChI is InChI=1S/C12H12N2O4S2/c13-8-10(15)14-9(12(16)17)6(5-20-11(8)14)4-19-7-2-1-3-18-7/h1-3,8,11H,4-5,13H2,(H,16,17). The molecule has 1 aromatic rings. The van der Waals surface area contributed by atoms with Gasteiger partial charge in [0.15, 0.2) is 5.09 Å². The number of hydrogen-bond donors (Lipinski definition) is 2. The van der Waals surface area contributed by atoms with Crippen LogP contribution in [0.4, 0.5) is 0 Å². The van der Waals surface area contributed by atoms with Crippen LogP contribution in [0.2, 0.25) is 0 Å². The van der Waals surface area contributed by atoms with Gasteiger partial charge in [0.05, 0.1) is 6.26 Å². The lowest BCUT2D eigenvalue weighted by Crippen LogP contribution is -2.68. The van der Waals surface area contributed by atoms with Gasteiger partial charge in [-0.3, -0.25) is 9.69 Å². The third-order valence-electron chi connectivity index (χ3n) is 3.17. The van der Waals surface area contributed by atoms with Gasteiger partial charge in [-0.05, 0) is 17.7 Å². The van der Waals surface area contributed by atoms with E-state index in [1.54, 1.807) is 12.3 Å². The van der Waals surface area contributed by atoms with E-state index in [-0.39, 0.29) is 17.0 Å². The molecule has 2 aliphatic heterocycles. The molecular formula is C12H12N2O4S2. The van der Waals surface area contributed by atoms with Crippen molar-refractivity contribution in [3.63, 3.8) is 0 Å². The van der Waals surface area contributed by atoms with Gasteiger partial charge in [-0.2, -0.15) is 0 Å². The van der Waals surface area contributed by atoms with E-state index >= 15 is 0 Å². The Kier molecular flexibility index (Phi) is 3.53. The van der Waals surface area contributed by atoms with Crippen LogP contribution in [0.5, 0.6) is 0 Å². The van der Waals surface area contributed by atoms with Gasteiger partial charge in [0.25, 0.3) is 0 Å². The van der Waals surface area contributed by atoms with Crippen LogP contribution in [-0.2, 0) is 9.59 Å². The van der Waals surface area contributed by atoms with Crippen LogP contribution < -0.4 is 5.73 Å². The molecule has 0 bridgehead atoms. The highest BCUT2D eigenvalue weighted by molar-refractivity contribution is 8.01. The van der Waals surface area contributed by atoms with Crippen molar-refractivity contribution in [3.8, 4) is 0 Å². The number of amides is 1. The Hall–Kier alpha value is -1.38. The number of hydrogen-bond acceptors (Lipinski definition) is 6. The summed E-state index contributed by atoms with van der Waals surface area (Å²) in [6, 6.07) is 3.00. The van der Waals surface area contributed by atoms with Crippen molar-refractivity contribution in [3.05, 3.63) is 29.7 Å². The summed E-state index contributed by atoms with van der Waals surface area (Å²) in [6.45, 7) is 0. The fraction of sp³-hybridized carbons (Fsp3) is 0.333. The maximum Gasteiger partial charge on any atom is 0.352 e. The summed E-state index contributed by atoms with van der Waals surface area (Å²) in [6.07, 6.45) is 1.57. The van der Waals surface area contributed by atoms with Gasteiger partial charge in [-0.15, -0.1) is 11.8 Å². The highest BCUT2D eigenvalue weighted by Gasteiger charge is 2.51. The van der Waals surface area contributed by atoms with E-state index in [2.05, 4.69) is 0 Å². The minimum atomic E-state index is -1.08. The van der Waals surface area contributed by atoms with Crippen LogP contribution in [0.25, 0.3) is 0 Å². The summed E-state index contributed by atoms with van der Waals surface area (Å²) in [5, 5.41) is 9.84. The first kappa shape index (κ1) is 13.6. The topological polar surface area (TPSA) is 96.8 Å². The van der Waals surface area contributed by atoms with Gasteiger partial charge in [0.1, 0.15) is 17.1 Å². The summed E-state index contributed by atoms with van der Waals surface area (Å²) in [7, 11) is 0. The minimum absolute atomic E-state index is 0.0829. The van der Waals surface area contributed by atoms with Crippen LogP contribution >= 0.6 is 23.5 Å². The normalized spacial score (nSPS) is 25.4. The zero-order valence-corrected chi connectivity index (χ0v) is 11.9. The van der Waals surface area contributed by atoms with Crippen molar-refractivity contribution in [2.75, 3.05) is 11.5 Å². The Morgan fingerprint density at radius 1 is 1.65 bits per heavy atom. The Morgan fingerprint density at radius 3 is 3.10 bits per heavy atom. The molecule has 0 aromatic carbocycles. The van der Waals surface area contributed by atoms with E-state index in [9.17, 15) is 14.7 Å². The molecule has 3 rings (SSSR count). The van der Waals surface area contributed by atoms with Crippen LogP contribution in [0.15, 0.2) is 39.2 Å². The Labute approximate surface area is 123 Å². The number of aliphatic carboxylic acids is 1. The minimum Gasteiger partial charge on any atom is -0.477 e. The molecule has 20 heavy (non-hydrogen) atoms. The monoisotopic (exact) mass is 312 g/mol. The molecule has 1 saturated heterocycles. The van der Waals surface area contributed by atoms with Crippen molar-refractivity contribution in [1.29, 1.82) is 0 Å². The molecule has 1 aromatic heterocycles. The van der Waals surface area contributed by atoms with Gasteiger partial charge in [0.2, 0.25) is 5.91 Å². The van der Waals surface area contributed by atoms with Crippen LogP contribution in [0.1, 0.15) is 0 Å². The molecule has 8 heteroatoms. The van der Waals surface area contributed by atoms with Gasteiger partial charge in [-0.1, -0.05) is 11.8 Å². The number of carboxylic acids is 1. The molecular weight excluding hydrogens is 300 g/mol.